The third-order valence-corrected chi connectivity index (χ3v) is 5.84. The maximum Gasteiger partial charge on any atom is 0.141 e. The standard InChI is InChI=1S/C23H23N3OS/c1-16-12-19(14-28-13-18-8-5-9-20-22(18)25-15-24-20)23(27)21(26-16)11-10-17-6-3-2-4-7-17/h2-9,12,15,27H,10-11,13-14H2,1H3,(H,24,25). The van der Waals surface area contributed by atoms with Gasteiger partial charge in [-0.1, -0.05) is 42.5 Å². The molecule has 0 aliphatic rings. The molecule has 4 aromatic rings. The number of aryl methyl sites for hydroxylation is 3. The molecule has 2 heterocycles. The maximum atomic E-state index is 10.7. The first-order valence-electron chi connectivity index (χ1n) is 9.41. The normalized spacial score (nSPS) is 11.2. The van der Waals surface area contributed by atoms with E-state index in [4.69, 9.17) is 0 Å². The number of aromatic hydroxyl groups is 1. The van der Waals surface area contributed by atoms with Gasteiger partial charge in [-0.25, -0.2) is 4.98 Å². The molecule has 0 bridgehead atoms. The second kappa shape index (κ2) is 8.48. The molecule has 0 spiro atoms. The summed E-state index contributed by atoms with van der Waals surface area (Å²) in [7, 11) is 0. The summed E-state index contributed by atoms with van der Waals surface area (Å²) in [5.74, 6) is 1.93. The fourth-order valence-electron chi connectivity index (χ4n) is 3.41. The number of rotatable bonds is 7. The second-order valence-corrected chi connectivity index (χ2v) is 7.90. The summed E-state index contributed by atoms with van der Waals surface area (Å²) in [4.78, 5) is 12.1. The van der Waals surface area contributed by atoms with Gasteiger partial charge in [-0.05, 0) is 43.0 Å². The molecule has 0 unspecified atom stereocenters. The fraction of sp³-hybridized carbons (Fsp3) is 0.217. The summed E-state index contributed by atoms with van der Waals surface area (Å²) in [6, 6.07) is 18.5. The minimum absolute atomic E-state index is 0.340. The molecule has 0 atom stereocenters. The molecule has 4 rings (SSSR count). The highest BCUT2D eigenvalue weighted by molar-refractivity contribution is 7.97. The maximum absolute atomic E-state index is 10.7. The Hall–Kier alpha value is -2.79. The third kappa shape index (κ3) is 4.20. The lowest BCUT2D eigenvalue weighted by atomic mass is 10.1. The zero-order valence-corrected chi connectivity index (χ0v) is 16.7. The quantitative estimate of drug-likeness (QED) is 0.457. The molecule has 0 aliphatic carbocycles. The van der Waals surface area contributed by atoms with E-state index in [1.54, 1.807) is 18.1 Å². The van der Waals surface area contributed by atoms with Crippen molar-refractivity contribution in [2.24, 2.45) is 0 Å². The molecule has 2 N–H and O–H groups in total. The van der Waals surface area contributed by atoms with Crippen molar-refractivity contribution in [2.75, 3.05) is 0 Å². The Morgan fingerprint density at radius 2 is 1.79 bits per heavy atom. The molecule has 0 amide bonds. The average molecular weight is 390 g/mol. The first-order valence-corrected chi connectivity index (χ1v) is 10.6. The van der Waals surface area contributed by atoms with Crippen LogP contribution in [0.2, 0.25) is 0 Å². The van der Waals surface area contributed by atoms with E-state index >= 15 is 0 Å². The molecule has 4 nitrogen and oxygen atoms in total. The Morgan fingerprint density at radius 3 is 2.64 bits per heavy atom. The van der Waals surface area contributed by atoms with E-state index < -0.39 is 0 Å². The number of hydrogen-bond donors (Lipinski definition) is 2. The van der Waals surface area contributed by atoms with E-state index in [9.17, 15) is 5.11 Å². The highest BCUT2D eigenvalue weighted by atomic mass is 32.2. The zero-order chi connectivity index (χ0) is 19.3. The van der Waals surface area contributed by atoms with Crippen molar-refractivity contribution in [3.63, 3.8) is 0 Å². The molecular weight excluding hydrogens is 366 g/mol. The summed E-state index contributed by atoms with van der Waals surface area (Å²) in [5, 5.41) is 10.7. The van der Waals surface area contributed by atoms with Gasteiger partial charge >= 0.3 is 0 Å². The van der Waals surface area contributed by atoms with Crippen LogP contribution in [0.4, 0.5) is 0 Å². The van der Waals surface area contributed by atoms with Crippen molar-refractivity contribution in [1.29, 1.82) is 0 Å². The Kier molecular flexibility index (Phi) is 5.63. The van der Waals surface area contributed by atoms with E-state index in [2.05, 4.69) is 33.2 Å². The predicted molar refractivity (Wildman–Crippen MR) is 116 cm³/mol. The molecule has 142 valence electrons. The van der Waals surface area contributed by atoms with Crippen molar-refractivity contribution in [3.8, 4) is 5.75 Å². The molecule has 28 heavy (non-hydrogen) atoms. The van der Waals surface area contributed by atoms with Crippen LogP contribution in [-0.4, -0.2) is 20.1 Å². The molecule has 0 radical (unpaired) electrons. The zero-order valence-electron chi connectivity index (χ0n) is 15.9. The number of nitrogens with one attached hydrogen (secondary N) is 1. The van der Waals surface area contributed by atoms with Crippen molar-refractivity contribution in [1.82, 2.24) is 15.0 Å². The number of H-pyrrole nitrogens is 1. The molecular formula is C23H23N3OS. The number of aromatic nitrogens is 3. The smallest absolute Gasteiger partial charge is 0.141 e. The van der Waals surface area contributed by atoms with Crippen LogP contribution in [0.1, 0.15) is 28.1 Å². The van der Waals surface area contributed by atoms with Crippen LogP contribution in [0.15, 0.2) is 60.9 Å². The summed E-state index contributed by atoms with van der Waals surface area (Å²) < 4.78 is 0. The Morgan fingerprint density at radius 1 is 0.964 bits per heavy atom. The van der Waals surface area contributed by atoms with Crippen LogP contribution < -0.4 is 0 Å². The molecule has 0 saturated carbocycles. The number of fused-ring (bicyclic) bond motifs is 1. The minimum atomic E-state index is 0.340. The highest BCUT2D eigenvalue weighted by Gasteiger charge is 2.12. The summed E-state index contributed by atoms with van der Waals surface area (Å²) in [5.41, 5.74) is 7.23. The molecule has 0 aliphatic heterocycles. The van der Waals surface area contributed by atoms with Crippen LogP contribution in [-0.2, 0) is 24.3 Å². The largest absolute Gasteiger partial charge is 0.506 e. The third-order valence-electron chi connectivity index (χ3n) is 4.81. The Labute approximate surface area is 169 Å². The van der Waals surface area contributed by atoms with Crippen LogP contribution in [0.25, 0.3) is 11.0 Å². The van der Waals surface area contributed by atoms with Gasteiger partial charge in [-0.3, -0.25) is 4.98 Å². The molecule has 2 aromatic heterocycles. The number of nitrogens with zero attached hydrogens (tertiary/aromatic N) is 2. The lowest BCUT2D eigenvalue weighted by molar-refractivity contribution is 0.458. The van der Waals surface area contributed by atoms with E-state index in [0.717, 1.165) is 52.3 Å². The lowest BCUT2D eigenvalue weighted by Crippen LogP contribution is -2.00. The number of para-hydroxylation sites is 1. The number of thioether (sulfide) groups is 1. The number of benzene rings is 2. The van der Waals surface area contributed by atoms with Gasteiger partial charge in [0.25, 0.3) is 0 Å². The van der Waals surface area contributed by atoms with Crippen molar-refractivity contribution >= 4 is 22.8 Å². The van der Waals surface area contributed by atoms with E-state index in [0.29, 0.717) is 5.75 Å². The van der Waals surface area contributed by atoms with Gasteiger partial charge in [0.05, 0.1) is 23.1 Å². The van der Waals surface area contributed by atoms with Crippen LogP contribution in [0.5, 0.6) is 5.75 Å². The van der Waals surface area contributed by atoms with Gasteiger partial charge in [0, 0.05) is 22.8 Å². The van der Waals surface area contributed by atoms with E-state index in [-0.39, 0.29) is 0 Å². The number of pyridine rings is 1. The summed E-state index contributed by atoms with van der Waals surface area (Å²) >= 11 is 1.78. The van der Waals surface area contributed by atoms with Crippen molar-refractivity contribution in [2.45, 2.75) is 31.3 Å². The van der Waals surface area contributed by atoms with Gasteiger partial charge < -0.3 is 10.1 Å². The van der Waals surface area contributed by atoms with Crippen molar-refractivity contribution < 1.29 is 5.11 Å². The van der Waals surface area contributed by atoms with Gasteiger partial charge in [0.1, 0.15) is 5.75 Å². The van der Waals surface area contributed by atoms with Gasteiger partial charge in [0.2, 0.25) is 0 Å². The Balaban J connectivity index is 1.44. The van der Waals surface area contributed by atoms with Crippen LogP contribution in [0, 0.1) is 6.92 Å². The number of aromatic amines is 1. The number of imidazole rings is 1. The minimum Gasteiger partial charge on any atom is -0.506 e. The van der Waals surface area contributed by atoms with Gasteiger partial charge in [0.15, 0.2) is 0 Å². The molecule has 2 aromatic carbocycles. The number of hydrogen-bond acceptors (Lipinski definition) is 4. The van der Waals surface area contributed by atoms with Crippen LogP contribution >= 0.6 is 11.8 Å². The van der Waals surface area contributed by atoms with Gasteiger partial charge in [-0.2, -0.15) is 11.8 Å². The van der Waals surface area contributed by atoms with Crippen molar-refractivity contribution in [3.05, 3.63) is 89.0 Å². The second-order valence-electron chi connectivity index (χ2n) is 6.91. The fourth-order valence-corrected chi connectivity index (χ4v) is 4.40. The van der Waals surface area contributed by atoms with Crippen LogP contribution in [0.3, 0.4) is 0 Å². The summed E-state index contributed by atoms with van der Waals surface area (Å²) in [6.07, 6.45) is 3.34. The molecule has 5 heteroatoms. The monoisotopic (exact) mass is 389 g/mol. The average Bonchev–Trinajstić information content (AvgIpc) is 3.20. The first-order chi connectivity index (χ1) is 13.7. The molecule has 0 saturated heterocycles. The van der Waals surface area contributed by atoms with E-state index in [1.807, 2.05) is 43.3 Å². The topological polar surface area (TPSA) is 61.8 Å². The van der Waals surface area contributed by atoms with Gasteiger partial charge in [-0.15, -0.1) is 0 Å². The lowest BCUT2D eigenvalue weighted by Gasteiger charge is -2.11. The highest BCUT2D eigenvalue weighted by Crippen LogP contribution is 2.29. The predicted octanol–water partition coefficient (Wildman–Crippen LogP) is 5.19. The summed E-state index contributed by atoms with van der Waals surface area (Å²) in [6.45, 7) is 1.99. The molecule has 0 fully saturated rings. The first kappa shape index (κ1) is 18.6. The SMILES string of the molecule is Cc1cc(CSCc2cccc3[nH]cnc23)c(O)c(CCc2ccccc2)n1. The van der Waals surface area contributed by atoms with E-state index in [1.165, 1.54) is 11.1 Å². The Bertz CT molecular complexity index is 1080.